The molecule has 1 fully saturated rings. The van der Waals surface area contributed by atoms with Gasteiger partial charge in [0, 0.05) is 42.3 Å². The van der Waals surface area contributed by atoms with Gasteiger partial charge in [-0.05, 0) is 49.4 Å². The molecule has 0 radical (unpaired) electrons. The molecule has 4 rings (SSSR count). The lowest BCUT2D eigenvalue weighted by molar-refractivity contribution is 0.0673. The zero-order valence-corrected chi connectivity index (χ0v) is 17.1. The van der Waals surface area contributed by atoms with E-state index in [9.17, 15) is 9.18 Å². The van der Waals surface area contributed by atoms with Crippen LogP contribution < -0.4 is 9.64 Å². The molecular weight excluding hydrogens is 407 g/mol. The summed E-state index contributed by atoms with van der Waals surface area (Å²) in [6.45, 7) is 3.75. The van der Waals surface area contributed by atoms with Crippen LogP contribution in [0.15, 0.2) is 60.9 Å². The summed E-state index contributed by atoms with van der Waals surface area (Å²) >= 11 is 6.00. The minimum absolute atomic E-state index is 0.0384. The van der Waals surface area contributed by atoms with Gasteiger partial charge in [0.05, 0.1) is 0 Å². The van der Waals surface area contributed by atoms with Gasteiger partial charge in [-0.25, -0.2) is 14.4 Å². The number of hydrogen-bond acceptors (Lipinski definition) is 5. The van der Waals surface area contributed by atoms with Crippen molar-refractivity contribution in [3.63, 3.8) is 0 Å². The maximum absolute atomic E-state index is 13.1. The fourth-order valence-corrected chi connectivity index (χ4v) is 3.62. The molecule has 1 amide bonds. The molecule has 2 heterocycles. The molecule has 2 aromatic carbocycles. The molecule has 3 aromatic rings. The van der Waals surface area contributed by atoms with Gasteiger partial charge in [0.15, 0.2) is 0 Å². The SMILES string of the molecule is CC1CN(c2cc(Oc3cccc(Cl)c3)ncn2)CCN1C(=O)c1ccc(F)cc1. The Bertz CT molecular complexity index is 1050. The predicted molar refractivity (Wildman–Crippen MR) is 113 cm³/mol. The molecule has 0 spiro atoms. The number of piperazine rings is 1. The largest absolute Gasteiger partial charge is 0.439 e. The van der Waals surface area contributed by atoms with Gasteiger partial charge in [-0.2, -0.15) is 0 Å². The minimum Gasteiger partial charge on any atom is -0.439 e. The van der Waals surface area contributed by atoms with E-state index in [4.69, 9.17) is 16.3 Å². The van der Waals surface area contributed by atoms with Crippen molar-refractivity contribution in [2.75, 3.05) is 24.5 Å². The maximum atomic E-state index is 13.1. The van der Waals surface area contributed by atoms with Gasteiger partial charge in [-0.1, -0.05) is 17.7 Å². The third-order valence-electron chi connectivity index (χ3n) is 4.95. The number of nitrogens with zero attached hydrogens (tertiary/aromatic N) is 4. The second-order valence-corrected chi connectivity index (χ2v) is 7.51. The van der Waals surface area contributed by atoms with Crippen LogP contribution in [0.25, 0.3) is 0 Å². The van der Waals surface area contributed by atoms with E-state index in [1.807, 2.05) is 6.92 Å². The summed E-state index contributed by atoms with van der Waals surface area (Å²) < 4.78 is 18.9. The molecule has 30 heavy (non-hydrogen) atoms. The summed E-state index contributed by atoms with van der Waals surface area (Å²) in [6, 6.07) is 14.5. The van der Waals surface area contributed by atoms with Crippen LogP contribution >= 0.6 is 11.6 Å². The molecule has 1 unspecified atom stereocenters. The molecule has 1 saturated heterocycles. The number of anilines is 1. The second kappa shape index (κ2) is 8.67. The third kappa shape index (κ3) is 4.52. The van der Waals surface area contributed by atoms with E-state index in [-0.39, 0.29) is 17.8 Å². The Labute approximate surface area is 178 Å². The molecule has 1 aromatic heterocycles. The Kier molecular flexibility index (Phi) is 5.81. The van der Waals surface area contributed by atoms with Crippen molar-refractivity contribution in [3.8, 4) is 11.6 Å². The van der Waals surface area contributed by atoms with Gasteiger partial charge in [0.1, 0.15) is 23.7 Å². The lowest BCUT2D eigenvalue weighted by Gasteiger charge is -2.40. The number of amides is 1. The molecule has 0 aliphatic carbocycles. The van der Waals surface area contributed by atoms with E-state index in [1.54, 1.807) is 35.2 Å². The molecule has 0 saturated carbocycles. The first-order valence-electron chi connectivity index (χ1n) is 9.56. The smallest absolute Gasteiger partial charge is 0.254 e. The normalized spacial score (nSPS) is 16.4. The molecule has 0 bridgehead atoms. The van der Waals surface area contributed by atoms with Crippen LogP contribution in [0.4, 0.5) is 10.2 Å². The fraction of sp³-hybridized carbons (Fsp3) is 0.227. The number of aromatic nitrogens is 2. The Morgan fingerprint density at radius 2 is 1.93 bits per heavy atom. The van der Waals surface area contributed by atoms with Crippen molar-refractivity contribution < 1.29 is 13.9 Å². The first kappa shape index (κ1) is 20.1. The number of ether oxygens (including phenoxy) is 1. The number of benzene rings is 2. The van der Waals surface area contributed by atoms with Crippen LogP contribution in [0.5, 0.6) is 11.6 Å². The highest BCUT2D eigenvalue weighted by atomic mass is 35.5. The minimum atomic E-state index is -0.357. The van der Waals surface area contributed by atoms with Crippen molar-refractivity contribution in [3.05, 3.63) is 77.3 Å². The molecule has 0 N–H and O–H groups in total. The highest BCUT2D eigenvalue weighted by molar-refractivity contribution is 6.30. The highest BCUT2D eigenvalue weighted by Crippen LogP contribution is 2.26. The second-order valence-electron chi connectivity index (χ2n) is 7.07. The monoisotopic (exact) mass is 426 g/mol. The molecule has 1 aliphatic rings. The summed E-state index contributed by atoms with van der Waals surface area (Å²) in [5.41, 5.74) is 0.482. The van der Waals surface area contributed by atoms with Crippen molar-refractivity contribution in [2.45, 2.75) is 13.0 Å². The Morgan fingerprint density at radius 1 is 1.13 bits per heavy atom. The van der Waals surface area contributed by atoms with Gasteiger partial charge in [-0.15, -0.1) is 0 Å². The zero-order chi connectivity index (χ0) is 21.1. The summed E-state index contributed by atoms with van der Waals surface area (Å²) in [5, 5.41) is 0.581. The van der Waals surface area contributed by atoms with Crippen molar-refractivity contribution in [2.24, 2.45) is 0 Å². The van der Waals surface area contributed by atoms with Crippen LogP contribution in [0.1, 0.15) is 17.3 Å². The van der Waals surface area contributed by atoms with Crippen LogP contribution in [0.2, 0.25) is 5.02 Å². The van der Waals surface area contributed by atoms with E-state index in [0.29, 0.717) is 41.8 Å². The van der Waals surface area contributed by atoms with Gasteiger partial charge < -0.3 is 14.5 Å². The Balaban J connectivity index is 1.44. The predicted octanol–water partition coefficient (Wildman–Crippen LogP) is 4.41. The summed E-state index contributed by atoms with van der Waals surface area (Å²) in [7, 11) is 0. The van der Waals surface area contributed by atoms with Crippen molar-refractivity contribution >= 4 is 23.3 Å². The van der Waals surface area contributed by atoms with Gasteiger partial charge in [-0.3, -0.25) is 4.79 Å². The number of hydrogen-bond donors (Lipinski definition) is 0. The maximum Gasteiger partial charge on any atom is 0.254 e. The van der Waals surface area contributed by atoms with Crippen LogP contribution in [-0.2, 0) is 0 Å². The van der Waals surface area contributed by atoms with Crippen LogP contribution in [0.3, 0.4) is 0 Å². The van der Waals surface area contributed by atoms with Crippen molar-refractivity contribution in [1.82, 2.24) is 14.9 Å². The number of carbonyl (C=O) groups is 1. The third-order valence-corrected chi connectivity index (χ3v) is 5.18. The van der Waals surface area contributed by atoms with Crippen LogP contribution in [0, 0.1) is 5.82 Å². The van der Waals surface area contributed by atoms with E-state index in [0.717, 1.165) is 5.82 Å². The molecule has 1 aliphatic heterocycles. The quantitative estimate of drug-likeness (QED) is 0.618. The first-order chi connectivity index (χ1) is 14.5. The molecule has 154 valence electrons. The van der Waals surface area contributed by atoms with Gasteiger partial charge in [0.25, 0.3) is 5.91 Å². The van der Waals surface area contributed by atoms with E-state index < -0.39 is 0 Å². The Hall–Kier alpha value is -3.19. The number of halogens is 2. The van der Waals surface area contributed by atoms with Gasteiger partial charge >= 0.3 is 0 Å². The van der Waals surface area contributed by atoms with Crippen LogP contribution in [-0.4, -0.2) is 46.5 Å². The lowest BCUT2D eigenvalue weighted by Crippen LogP contribution is -2.54. The van der Waals surface area contributed by atoms with E-state index in [2.05, 4.69) is 14.9 Å². The first-order valence-corrected chi connectivity index (χ1v) is 9.94. The molecular formula is C22H20ClFN4O2. The topological polar surface area (TPSA) is 58.6 Å². The highest BCUT2D eigenvalue weighted by Gasteiger charge is 2.29. The summed E-state index contributed by atoms with van der Waals surface area (Å²) in [6.07, 6.45) is 1.45. The molecule has 6 nitrogen and oxygen atoms in total. The number of rotatable bonds is 4. The molecule has 1 atom stereocenters. The van der Waals surface area contributed by atoms with E-state index in [1.165, 1.54) is 30.6 Å². The zero-order valence-electron chi connectivity index (χ0n) is 16.3. The van der Waals surface area contributed by atoms with Crippen molar-refractivity contribution in [1.29, 1.82) is 0 Å². The molecule has 8 heteroatoms. The average molecular weight is 427 g/mol. The van der Waals surface area contributed by atoms with Gasteiger partial charge in [0.2, 0.25) is 5.88 Å². The lowest BCUT2D eigenvalue weighted by atomic mass is 10.1. The average Bonchev–Trinajstić information content (AvgIpc) is 2.74. The summed E-state index contributed by atoms with van der Waals surface area (Å²) in [4.78, 5) is 25.2. The Morgan fingerprint density at radius 3 is 2.67 bits per heavy atom. The number of carbonyl (C=O) groups excluding carboxylic acids is 1. The standard InChI is InChI=1S/C22H20ClFN4O2/c1-15-13-27(9-10-28(15)22(29)16-5-7-18(24)8-6-16)20-12-21(26-14-25-20)30-19-4-2-3-17(23)11-19/h2-8,11-12,14-15H,9-10,13H2,1H3. The fourth-order valence-electron chi connectivity index (χ4n) is 3.44. The van der Waals surface area contributed by atoms with E-state index >= 15 is 0 Å². The summed E-state index contributed by atoms with van der Waals surface area (Å²) in [5.74, 6) is 1.27.